The summed E-state index contributed by atoms with van der Waals surface area (Å²) < 4.78 is 18.8. The van der Waals surface area contributed by atoms with E-state index in [0.717, 1.165) is 0 Å². The molecular formula is C17H12FNO2S2. The minimum atomic E-state index is -0.343. The molecule has 0 aliphatic carbocycles. The fraction of sp³-hybridized carbons (Fsp3) is 0.0588. The Bertz CT molecular complexity index is 802. The number of amides is 1. The Morgan fingerprint density at radius 2 is 1.96 bits per heavy atom. The lowest BCUT2D eigenvalue weighted by Gasteiger charge is -2.14. The summed E-state index contributed by atoms with van der Waals surface area (Å²) in [6, 6.07) is 13.2. The molecule has 2 aromatic rings. The smallest absolute Gasteiger partial charge is 0.270 e. The minimum Gasteiger partial charge on any atom is -0.497 e. The van der Waals surface area contributed by atoms with E-state index in [-0.39, 0.29) is 11.7 Å². The van der Waals surface area contributed by atoms with Crippen LogP contribution < -0.4 is 9.64 Å². The van der Waals surface area contributed by atoms with E-state index in [1.54, 1.807) is 49.6 Å². The molecule has 1 aliphatic rings. The number of anilines is 1. The summed E-state index contributed by atoms with van der Waals surface area (Å²) in [5.41, 5.74) is 1.30. The van der Waals surface area contributed by atoms with Gasteiger partial charge in [0.15, 0.2) is 4.32 Å². The Balaban J connectivity index is 1.90. The van der Waals surface area contributed by atoms with Crippen molar-refractivity contribution in [1.82, 2.24) is 0 Å². The van der Waals surface area contributed by atoms with Crippen molar-refractivity contribution in [3.63, 3.8) is 0 Å². The predicted molar refractivity (Wildman–Crippen MR) is 95.0 cm³/mol. The Labute approximate surface area is 142 Å². The molecule has 1 aliphatic heterocycles. The predicted octanol–water partition coefficient (Wildman–Crippen LogP) is 4.24. The van der Waals surface area contributed by atoms with Crippen LogP contribution in [0.4, 0.5) is 10.1 Å². The zero-order valence-corrected chi connectivity index (χ0v) is 13.8. The molecule has 0 saturated carbocycles. The minimum absolute atomic E-state index is 0.213. The number of rotatable bonds is 3. The van der Waals surface area contributed by atoms with Crippen LogP contribution in [0.3, 0.4) is 0 Å². The summed E-state index contributed by atoms with van der Waals surface area (Å²) in [5.74, 6) is 0.147. The zero-order chi connectivity index (χ0) is 16.4. The molecule has 116 valence electrons. The van der Waals surface area contributed by atoms with E-state index in [9.17, 15) is 9.18 Å². The number of hydrogen-bond acceptors (Lipinski definition) is 4. The van der Waals surface area contributed by atoms with Gasteiger partial charge in [-0.25, -0.2) is 4.39 Å². The highest BCUT2D eigenvalue weighted by molar-refractivity contribution is 8.27. The third kappa shape index (κ3) is 3.28. The molecular weight excluding hydrogens is 333 g/mol. The molecule has 1 amide bonds. The van der Waals surface area contributed by atoms with Gasteiger partial charge in [-0.2, -0.15) is 0 Å². The van der Waals surface area contributed by atoms with Crippen LogP contribution in [0, 0.1) is 5.82 Å². The molecule has 2 aromatic carbocycles. The van der Waals surface area contributed by atoms with Crippen LogP contribution in [-0.4, -0.2) is 17.3 Å². The molecule has 1 saturated heterocycles. The Morgan fingerprint density at radius 3 is 2.61 bits per heavy atom. The molecule has 0 N–H and O–H groups in total. The van der Waals surface area contributed by atoms with Gasteiger partial charge in [-0.05, 0) is 48.0 Å². The average Bonchev–Trinajstić information content (AvgIpc) is 2.81. The highest BCUT2D eigenvalue weighted by Crippen LogP contribution is 2.36. The van der Waals surface area contributed by atoms with Crippen LogP contribution in [0.1, 0.15) is 5.56 Å². The fourth-order valence-electron chi connectivity index (χ4n) is 2.17. The van der Waals surface area contributed by atoms with E-state index in [1.165, 1.54) is 28.8 Å². The van der Waals surface area contributed by atoms with Crippen LogP contribution in [-0.2, 0) is 4.79 Å². The van der Waals surface area contributed by atoms with Crippen LogP contribution in [0.2, 0.25) is 0 Å². The second-order valence-corrected chi connectivity index (χ2v) is 6.45. The first-order valence-electron chi connectivity index (χ1n) is 6.76. The molecule has 0 aromatic heterocycles. The van der Waals surface area contributed by atoms with Gasteiger partial charge in [0.25, 0.3) is 5.91 Å². The van der Waals surface area contributed by atoms with Gasteiger partial charge in [0.2, 0.25) is 0 Å². The van der Waals surface area contributed by atoms with Crippen molar-refractivity contribution in [3.8, 4) is 5.75 Å². The van der Waals surface area contributed by atoms with E-state index >= 15 is 0 Å². The van der Waals surface area contributed by atoms with Gasteiger partial charge in [-0.1, -0.05) is 36.1 Å². The third-order valence-corrected chi connectivity index (χ3v) is 4.57. The molecule has 1 heterocycles. The van der Waals surface area contributed by atoms with E-state index in [4.69, 9.17) is 17.0 Å². The van der Waals surface area contributed by atoms with E-state index < -0.39 is 0 Å². The summed E-state index contributed by atoms with van der Waals surface area (Å²) in [6.07, 6.45) is 1.64. The van der Waals surface area contributed by atoms with Gasteiger partial charge < -0.3 is 4.74 Å². The van der Waals surface area contributed by atoms with Crippen molar-refractivity contribution in [2.45, 2.75) is 0 Å². The summed E-state index contributed by atoms with van der Waals surface area (Å²) >= 11 is 6.50. The molecule has 23 heavy (non-hydrogen) atoms. The molecule has 1 fully saturated rings. The lowest BCUT2D eigenvalue weighted by Crippen LogP contribution is -2.27. The van der Waals surface area contributed by atoms with Gasteiger partial charge in [0.05, 0.1) is 17.7 Å². The van der Waals surface area contributed by atoms with Crippen LogP contribution in [0.5, 0.6) is 5.75 Å². The maximum atomic E-state index is 13.3. The van der Waals surface area contributed by atoms with Crippen molar-refractivity contribution in [1.29, 1.82) is 0 Å². The average molecular weight is 345 g/mol. The number of thiocarbonyl (C=S) groups is 1. The second kappa shape index (κ2) is 6.52. The fourth-order valence-corrected chi connectivity index (χ4v) is 3.47. The molecule has 0 unspecified atom stereocenters. The molecule has 6 heteroatoms. The number of thioether (sulfide) groups is 1. The lowest BCUT2D eigenvalue weighted by molar-refractivity contribution is -0.113. The third-order valence-electron chi connectivity index (χ3n) is 3.27. The first kappa shape index (κ1) is 15.7. The Kier molecular flexibility index (Phi) is 4.45. The second-order valence-electron chi connectivity index (χ2n) is 4.77. The van der Waals surface area contributed by atoms with E-state index in [1.807, 2.05) is 0 Å². The number of hydrogen-bond donors (Lipinski definition) is 0. The first-order chi connectivity index (χ1) is 11.1. The Hall–Kier alpha value is -2.18. The number of carbonyl (C=O) groups is 1. The maximum Gasteiger partial charge on any atom is 0.270 e. The maximum absolute atomic E-state index is 13.3. The molecule has 0 bridgehead atoms. The summed E-state index contributed by atoms with van der Waals surface area (Å²) in [5, 5.41) is 0. The normalized spacial score (nSPS) is 16.3. The molecule has 3 nitrogen and oxygen atoms in total. The van der Waals surface area contributed by atoms with E-state index in [2.05, 4.69) is 0 Å². The molecule has 3 rings (SSSR count). The zero-order valence-electron chi connectivity index (χ0n) is 12.2. The van der Waals surface area contributed by atoms with Crippen LogP contribution in [0.15, 0.2) is 53.4 Å². The SMILES string of the molecule is COc1ccc(N2C(=O)/C(=C/c3cccc(F)c3)SC2=S)cc1. The number of nitrogens with zero attached hydrogens (tertiary/aromatic N) is 1. The summed E-state index contributed by atoms with van der Waals surface area (Å²) in [4.78, 5) is 14.5. The number of benzene rings is 2. The highest BCUT2D eigenvalue weighted by Gasteiger charge is 2.33. The standard InChI is InChI=1S/C17H12FNO2S2/c1-21-14-7-5-13(6-8-14)19-16(20)15(23-17(19)22)10-11-3-2-4-12(18)9-11/h2-10H,1H3/b15-10-. The highest BCUT2D eigenvalue weighted by atomic mass is 32.2. The van der Waals surface area contributed by atoms with Gasteiger partial charge in [0.1, 0.15) is 11.6 Å². The Morgan fingerprint density at radius 1 is 1.22 bits per heavy atom. The van der Waals surface area contributed by atoms with Gasteiger partial charge in [0, 0.05) is 0 Å². The van der Waals surface area contributed by atoms with Crippen molar-refractivity contribution < 1.29 is 13.9 Å². The van der Waals surface area contributed by atoms with Crippen molar-refractivity contribution in [2.24, 2.45) is 0 Å². The number of methoxy groups -OCH3 is 1. The molecule has 0 atom stereocenters. The van der Waals surface area contributed by atoms with Crippen LogP contribution in [0.25, 0.3) is 6.08 Å². The molecule has 0 spiro atoms. The number of ether oxygens (including phenoxy) is 1. The monoisotopic (exact) mass is 345 g/mol. The van der Waals surface area contributed by atoms with Gasteiger partial charge in [-0.3, -0.25) is 9.69 Å². The largest absolute Gasteiger partial charge is 0.497 e. The molecule has 0 radical (unpaired) electrons. The topological polar surface area (TPSA) is 29.5 Å². The summed E-state index contributed by atoms with van der Waals surface area (Å²) in [7, 11) is 1.58. The summed E-state index contributed by atoms with van der Waals surface area (Å²) in [6.45, 7) is 0. The van der Waals surface area contributed by atoms with Crippen LogP contribution >= 0.6 is 24.0 Å². The van der Waals surface area contributed by atoms with Gasteiger partial charge >= 0.3 is 0 Å². The first-order valence-corrected chi connectivity index (χ1v) is 7.98. The van der Waals surface area contributed by atoms with E-state index in [0.29, 0.717) is 26.2 Å². The van der Waals surface area contributed by atoms with Gasteiger partial charge in [-0.15, -0.1) is 0 Å². The lowest BCUT2D eigenvalue weighted by atomic mass is 10.2. The van der Waals surface area contributed by atoms with Crippen molar-refractivity contribution in [2.75, 3.05) is 12.0 Å². The number of carbonyl (C=O) groups excluding carboxylic acids is 1. The van der Waals surface area contributed by atoms with Crippen molar-refractivity contribution >= 4 is 46.0 Å². The number of halogens is 1. The van der Waals surface area contributed by atoms with Crippen molar-refractivity contribution in [3.05, 3.63) is 64.8 Å². The quantitative estimate of drug-likeness (QED) is 0.615.